The Balaban J connectivity index is 0.00000156. The Hall–Kier alpha value is -2.18. The van der Waals surface area contributed by atoms with Crippen LogP contribution in [0.1, 0.15) is 30.8 Å². The molecule has 2 N–H and O–H groups in total. The van der Waals surface area contributed by atoms with Gasteiger partial charge in [0.25, 0.3) is 5.89 Å². The van der Waals surface area contributed by atoms with Gasteiger partial charge in [-0.15, -0.1) is 12.4 Å². The third-order valence-electron chi connectivity index (χ3n) is 4.24. The lowest BCUT2D eigenvalue weighted by atomic mass is 9.77. The van der Waals surface area contributed by atoms with Gasteiger partial charge in [0.1, 0.15) is 17.0 Å². The third kappa shape index (κ3) is 2.54. The predicted molar refractivity (Wildman–Crippen MR) is 86.9 cm³/mol. The number of nitrogens with zero attached hydrogens (tertiary/aromatic N) is 3. The van der Waals surface area contributed by atoms with Gasteiger partial charge in [-0.05, 0) is 26.2 Å². The maximum Gasteiger partial charge on any atom is 0.263 e. The zero-order valence-corrected chi connectivity index (χ0v) is 13.5. The van der Waals surface area contributed by atoms with Crippen molar-refractivity contribution in [1.29, 1.82) is 0 Å². The number of aryl methyl sites for hydroxylation is 1. The molecule has 0 radical (unpaired) electrons. The molecule has 0 amide bonds. The Kier molecular flexibility index (Phi) is 3.95. The quantitative estimate of drug-likeness (QED) is 0.789. The molecule has 1 aliphatic carbocycles. The van der Waals surface area contributed by atoms with Gasteiger partial charge in [-0.25, -0.2) is 0 Å². The minimum absolute atomic E-state index is 0. The Morgan fingerprint density at radius 1 is 1.09 bits per heavy atom. The van der Waals surface area contributed by atoms with Gasteiger partial charge in [0, 0.05) is 5.56 Å². The van der Waals surface area contributed by atoms with E-state index in [0.29, 0.717) is 23.2 Å². The van der Waals surface area contributed by atoms with E-state index in [-0.39, 0.29) is 12.4 Å². The summed E-state index contributed by atoms with van der Waals surface area (Å²) in [7, 11) is 0. The van der Waals surface area contributed by atoms with E-state index in [1.54, 1.807) is 0 Å². The Morgan fingerprint density at radius 3 is 2.48 bits per heavy atom. The number of hydrogen-bond acceptors (Lipinski definition) is 6. The first-order chi connectivity index (χ1) is 10.7. The molecule has 2 aromatic heterocycles. The van der Waals surface area contributed by atoms with E-state index >= 15 is 0 Å². The highest BCUT2D eigenvalue weighted by Crippen LogP contribution is 2.39. The Bertz CT molecular complexity index is 809. The van der Waals surface area contributed by atoms with Crippen LogP contribution >= 0.6 is 12.4 Å². The van der Waals surface area contributed by atoms with Crippen molar-refractivity contribution in [2.45, 2.75) is 31.7 Å². The summed E-state index contributed by atoms with van der Waals surface area (Å²) in [5.74, 6) is 1.62. The van der Waals surface area contributed by atoms with Crippen molar-refractivity contribution >= 4 is 12.4 Å². The van der Waals surface area contributed by atoms with Gasteiger partial charge in [0.05, 0.1) is 5.54 Å². The molecule has 0 aliphatic heterocycles. The lowest BCUT2D eigenvalue weighted by Crippen LogP contribution is -2.44. The van der Waals surface area contributed by atoms with Gasteiger partial charge in [-0.1, -0.05) is 40.6 Å². The molecule has 4 rings (SSSR count). The molecule has 1 aliphatic rings. The van der Waals surface area contributed by atoms with Crippen molar-refractivity contribution in [3.8, 4) is 22.7 Å². The van der Waals surface area contributed by atoms with Gasteiger partial charge < -0.3 is 14.8 Å². The fraction of sp³-hybridized carbons (Fsp3) is 0.312. The third-order valence-corrected chi connectivity index (χ3v) is 4.24. The molecule has 7 heteroatoms. The standard InChI is InChI=1S/C16H16N4O2.ClH/c1-10-12(13(19-21-10)11-6-3-2-4-7-11)14-18-15(20-22-14)16(17)8-5-9-16;/h2-4,6-7H,5,8-9,17H2,1H3;1H. The molecule has 2 heterocycles. The van der Waals surface area contributed by atoms with E-state index in [1.807, 2.05) is 37.3 Å². The van der Waals surface area contributed by atoms with Crippen LogP contribution in [0.2, 0.25) is 0 Å². The molecule has 1 aromatic carbocycles. The molecule has 6 nitrogen and oxygen atoms in total. The second kappa shape index (κ2) is 5.79. The largest absolute Gasteiger partial charge is 0.360 e. The number of benzene rings is 1. The van der Waals surface area contributed by atoms with E-state index in [9.17, 15) is 0 Å². The summed E-state index contributed by atoms with van der Waals surface area (Å²) in [6, 6.07) is 9.79. The molecule has 0 saturated heterocycles. The van der Waals surface area contributed by atoms with Gasteiger partial charge >= 0.3 is 0 Å². The average molecular weight is 333 g/mol. The number of aromatic nitrogens is 3. The lowest BCUT2D eigenvalue weighted by molar-refractivity contribution is 0.229. The number of hydrogen-bond donors (Lipinski definition) is 1. The Morgan fingerprint density at radius 2 is 1.83 bits per heavy atom. The van der Waals surface area contributed by atoms with E-state index in [2.05, 4.69) is 15.3 Å². The second-order valence-electron chi connectivity index (χ2n) is 5.76. The summed E-state index contributed by atoms with van der Waals surface area (Å²) >= 11 is 0. The highest BCUT2D eigenvalue weighted by atomic mass is 35.5. The minimum Gasteiger partial charge on any atom is -0.360 e. The monoisotopic (exact) mass is 332 g/mol. The topological polar surface area (TPSA) is 91.0 Å². The smallest absolute Gasteiger partial charge is 0.263 e. The Labute approximate surface area is 139 Å². The first-order valence-corrected chi connectivity index (χ1v) is 7.32. The van der Waals surface area contributed by atoms with Crippen LogP contribution in [-0.2, 0) is 5.54 Å². The summed E-state index contributed by atoms with van der Waals surface area (Å²) in [6.45, 7) is 1.83. The summed E-state index contributed by atoms with van der Waals surface area (Å²) < 4.78 is 10.8. The summed E-state index contributed by atoms with van der Waals surface area (Å²) in [6.07, 6.45) is 2.88. The molecule has 1 fully saturated rings. The average Bonchev–Trinajstić information content (AvgIpc) is 3.12. The fourth-order valence-corrected chi connectivity index (χ4v) is 2.73. The molecular formula is C16H17ClN4O2. The van der Waals surface area contributed by atoms with Crippen LogP contribution in [-0.4, -0.2) is 15.3 Å². The zero-order valence-electron chi connectivity index (χ0n) is 12.7. The highest BCUT2D eigenvalue weighted by molar-refractivity contribution is 5.85. The van der Waals surface area contributed by atoms with Crippen molar-refractivity contribution in [2.75, 3.05) is 0 Å². The SMILES string of the molecule is Cc1onc(-c2ccccc2)c1-c1nc(C2(N)CCC2)no1.Cl. The van der Waals surface area contributed by atoms with Crippen LogP contribution < -0.4 is 5.73 Å². The van der Waals surface area contributed by atoms with Crippen LogP contribution in [0.15, 0.2) is 39.4 Å². The molecule has 0 bridgehead atoms. The summed E-state index contributed by atoms with van der Waals surface area (Å²) in [4.78, 5) is 4.49. The van der Waals surface area contributed by atoms with E-state index < -0.39 is 5.54 Å². The van der Waals surface area contributed by atoms with Crippen molar-refractivity contribution in [3.63, 3.8) is 0 Å². The van der Waals surface area contributed by atoms with Crippen LogP contribution in [0.3, 0.4) is 0 Å². The minimum atomic E-state index is -0.445. The van der Waals surface area contributed by atoms with Crippen molar-refractivity contribution in [1.82, 2.24) is 15.3 Å². The number of rotatable bonds is 3. The molecular weight excluding hydrogens is 316 g/mol. The van der Waals surface area contributed by atoms with Gasteiger partial charge in [-0.2, -0.15) is 4.98 Å². The van der Waals surface area contributed by atoms with E-state index in [1.165, 1.54) is 0 Å². The zero-order chi connectivity index (χ0) is 15.2. The molecule has 3 aromatic rings. The molecule has 1 saturated carbocycles. The van der Waals surface area contributed by atoms with Crippen LogP contribution in [0.25, 0.3) is 22.7 Å². The molecule has 120 valence electrons. The van der Waals surface area contributed by atoms with E-state index in [0.717, 1.165) is 30.4 Å². The van der Waals surface area contributed by atoms with Crippen molar-refractivity contribution in [3.05, 3.63) is 41.9 Å². The van der Waals surface area contributed by atoms with Crippen LogP contribution in [0.4, 0.5) is 0 Å². The van der Waals surface area contributed by atoms with Crippen LogP contribution in [0, 0.1) is 6.92 Å². The summed E-state index contributed by atoms with van der Waals surface area (Å²) in [5.41, 5.74) is 8.19. The van der Waals surface area contributed by atoms with Crippen molar-refractivity contribution < 1.29 is 9.05 Å². The molecule has 0 unspecified atom stereocenters. The van der Waals surface area contributed by atoms with Gasteiger partial charge in [0.15, 0.2) is 5.82 Å². The first kappa shape index (κ1) is 15.7. The number of halogens is 1. The normalized spacial score (nSPS) is 15.7. The first-order valence-electron chi connectivity index (χ1n) is 7.32. The maximum absolute atomic E-state index is 6.25. The summed E-state index contributed by atoms with van der Waals surface area (Å²) in [5, 5.41) is 8.20. The highest BCUT2D eigenvalue weighted by Gasteiger charge is 2.39. The van der Waals surface area contributed by atoms with E-state index in [4.69, 9.17) is 14.8 Å². The lowest BCUT2D eigenvalue weighted by Gasteiger charge is -2.34. The van der Waals surface area contributed by atoms with Gasteiger partial charge in [0.2, 0.25) is 0 Å². The van der Waals surface area contributed by atoms with Crippen molar-refractivity contribution in [2.24, 2.45) is 5.73 Å². The number of nitrogens with two attached hydrogens (primary N) is 1. The molecule has 0 spiro atoms. The maximum atomic E-state index is 6.25. The predicted octanol–water partition coefficient (Wildman–Crippen LogP) is 3.46. The molecule has 0 atom stereocenters. The molecule has 23 heavy (non-hydrogen) atoms. The van der Waals surface area contributed by atoms with Gasteiger partial charge in [-0.3, -0.25) is 0 Å². The second-order valence-corrected chi connectivity index (χ2v) is 5.76. The van der Waals surface area contributed by atoms with Crippen LogP contribution in [0.5, 0.6) is 0 Å². The fourth-order valence-electron chi connectivity index (χ4n) is 2.73.